The first-order chi connectivity index (χ1) is 19.9. The highest BCUT2D eigenvalue weighted by Crippen LogP contribution is 2.28. The predicted octanol–water partition coefficient (Wildman–Crippen LogP) is 5.17. The summed E-state index contributed by atoms with van der Waals surface area (Å²) in [5.74, 6) is -0.205. The van der Waals surface area contributed by atoms with Crippen molar-refractivity contribution in [3.63, 3.8) is 0 Å². The third-order valence-electron chi connectivity index (χ3n) is 7.25. The van der Waals surface area contributed by atoms with Gasteiger partial charge in [-0.3, -0.25) is 4.90 Å². The molecule has 1 N–H and O–H groups in total. The van der Waals surface area contributed by atoms with E-state index in [9.17, 15) is 14.3 Å². The van der Waals surface area contributed by atoms with Crippen molar-refractivity contribution in [1.29, 1.82) is 5.26 Å². The van der Waals surface area contributed by atoms with Gasteiger partial charge in [0.2, 0.25) is 0 Å². The lowest BCUT2D eigenvalue weighted by molar-refractivity contribution is -0.0591. The van der Waals surface area contributed by atoms with E-state index in [1.54, 1.807) is 36.4 Å². The maximum Gasteiger partial charge on any atom is 0.335 e. The summed E-state index contributed by atoms with van der Waals surface area (Å²) >= 11 is 6.20. The number of imidazole rings is 1. The number of rotatable bonds is 9. The highest BCUT2D eigenvalue weighted by molar-refractivity contribution is 7.59. The number of carboxylic acids is 1. The second-order valence-corrected chi connectivity index (χ2v) is 10.4. The molecule has 4 heterocycles. The first-order valence-corrected chi connectivity index (χ1v) is 13.5. The van der Waals surface area contributed by atoms with E-state index in [2.05, 4.69) is 9.88 Å². The number of fused-ring (bicyclic) bond motifs is 1. The molecule has 0 bridgehead atoms. The van der Waals surface area contributed by atoms with Crippen LogP contribution >= 0.6 is 25.1 Å². The lowest BCUT2D eigenvalue weighted by Crippen LogP contribution is -2.32. The normalized spacial score (nSPS) is 16.4. The van der Waals surface area contributed by atoms with Crippen LogP contribution in [0.25, 0.3) is 16.6 Å². The van der Waals surface area contributed by atoms with Gasteiger partial charge in [-0.1, -0.05) is 17.7 Å². The summed E-state index contributed by atoms with van der Waals surface area (Å²) in [6, 6.07) is 14.7. The van der Waals surface area contributed by atoms with Gasteiger partial charge in [-0.05, 0) is 60.5 Å². The van der Waals surface area contributed by atoms with E-state index in [0.717, 1.165) is 35.5 Å². The number of nitrogens with zero attached hydrogens (tertiary/aromatic N) is 5. The Balaban J connectivity index is 0.00000353. The highest BCUT2D eigenvalue weighted by Gasteiger charge is 2.25. The van der Waals surface area contributed by atoms with Gasteiger partial charge >= 0.3 is 5.97 Å². The summed E-state index contributed by atoms with van der Waals surface area (Å²) in [6.45, 7) is 2.94. The average molecular weight is 608 g/mol. The molecule has 1 saturated heterocycles. The van der Waals surface area contributed by atoms with Gasteiger partial charge in [0.1, 0.15) is 29.7 Å². The van der Waals surface area contributed by atoms with Crippen LogP contribution in [0.1, 0.15) is 39.6 Å². The SMILES string of the molecule is N#Cc1ccc(OCc2ccc(F)c(C3=CCN(Cc4nc5ccc(C(=O)O)cc5n4C[C@@H]4CCO4)C3)n2)c(Cl)c1.S. The number of halogens is 2. The minimum absolute atomic E-state index is 0. The highest BCUT2D eigenvalue weighted by atomic mass is 35.5. The minimum atomic E-state index is -0.989. The van der Waals surface area contributed by atoms with Crippen molar-refractivity contribution < 1.29 is 23.8 Å². The fourth-order valence-electron chi connectivity index (χ4n) is 4.99. The van der Waals surface area contributed by atoms with Crippen molar-refractivity contribution in [2.45, 2.75) is 32.2 Å². The van der Waals surface area contributed by atoms with Crippen molar-refractivity contribution >= 4 is 47.7 Å². The Labute approximate surface area is 253 Å². The molecule has 0 spiro atoms. The first kappa shape index (κ1) is 29.5. The molecular weight excluding hydrogens is 581 g/mol. The summed E-state index contributed by atoms with van der Waals surface area (Å²) < 4.78 is 28.4. The molecule has 12 heteroatoms. The van der Waals surface area contributed by atoms with Crippen LogP contribution in [0.2, 0.25) is 5.02 Å². The zero-order valence-corrected chi connectivity index (χ0v) is 24.1. The van der Waals surface area contributed by atoms with Crippen LogP contribution in [0.3, 0.4) is 0 Å². The van der Waals surface area contributed by atoms with E-state index in [4.69, 9.17) is 31.3 Å². The zero-order chi connectivity index (χ0) is 28.5. The lowest BCUT2D eigenvalue weighted by atomic mass is 10.1. The van der Waals surface area contributed by atoms with Crippen molar-refractivity contribution in [3.8, 4) is 11.8 Å². The lowest BCUT2D eigenvalue weighted by Gasteiger charge is -2.28. The van der Waals surface area contributed by atoms with E-state index in [1.165, 1.54) is 12.1 Å². The average Bonchev–Trinajstić information content (AvgIpc) is 3.54. The maximum atomic E-state index is 14.9. The molecule has 2 aromatic heterocycles. The van der Waals surface area contributed by atoms with Crippen LogP contribution in [0.15, 0.2) is 54.6 Å². The van der Waals surface area contributed by atoms with Crippen LogP contribution in [0, 0.1) is 17.1 Å². The van der Waals surface area contributed by atoms with Gasteiger partial charge < -0.3 is 19.1 Å². The fourth-order valence-corrected chi connectivity index (χ4v) is 5.23. The summed E-state index contributed by atoms with van der Waals surface area (Å²) in [6.07, 6.45) is 2.96. The number of aromatic nitrogens is 3. The number of ether oxygens (including phenoxy) is 2. The van der Waals surface area contributed by atoms with Gasteiger partial charge in [0, 0.05) is 19.7 Å². The molecule has 216 valence electrons. The number of hydrogen-bond donors (Lipinski definition) is 1. The Kier molecular flexibility index (Phi) is 8.80. The van der Waals surface area contributed by atoms with Crippen molar-refractivity contribution in [2.24, 2.45) is 0 Å². The van der Waals surface area contributed by atoms with Crippen LogP contribution in [0.5, 0.6) is 5.75 Å². The summed E-state index contributed by atoms with van der Waals surface area (Å²) in [5, 5.41) is 18.8. The molecule has 9 nitrogen and oxygen atoms in total. The largest absolute Gasteiger partial charge is 0.486 e. The Morgan fingerprint density at radius 3 is 2.76 bits per heavy atom. The zero-order valence-electron chi connectivity index (χ0n) is 22.4. The van der Waals surface area contributed by atoms with Gasteiger partial charge in [0.05, 0.1) is 58.1 Å². The predicted molar refractivity (Wildman–Crippen MR) is 159 cm³/mol. The van der Waals surface area contributed by atoms with E-state index < -0.39 is 11.8 Å². The molecule has 6 rings (SSSR count). The molecule has 0 radical (unpaired) electrons. The molecule has 42 heavy (non-hydrogen) atoms. The van der Waals surface area contributed by atoms with E-state index in [-0.39, 0.29) is 37.5 Å². The monoisotopic (exact) mass is 607 g/mol. The number of benzene rings is 2. The van der Waals surface area contributed by atoms with E-state index >= 15 is 0 Å². The minimum Gasteiger partial charge on any atom is -0.486 e. The summed E-state index contributed by atoms with van der Waals surface area (Å²) in [4.78, 5) is 23.0. The molecule has 2 aromatic carbocycles. The molecule has 1 fully saturated rings. The van der Waals surface area contributed by atoms with Gasteiger partial charge in [0.15, 0.2) is 0 Å². The van der Waals surface area contributed by atoms with E-state index in [1.807, 2.05) is 16.7 Å². The van der Waals surface area contributed by atoms with Gasteiger partial charge in [-0.25, -0.2) is 19.2 Å². The van der Waals surface area contributed by atoms with Crippen LogP contribution in [-0.2, 0) is 24.4 Å². The fraction of sp³-hybridized carbons (Fsp3) is 0.267. The van der Waals surface area contributed by atoms with Gasteiger partial charge in [-0.15, -0.1) is 0 Å². The van der Waals surface area contributed by atoms with Crippen molar-refractivity contribution in [3.05, 3.63) is 93.8 Å². The molecule has 1 atom stereocenters. The smallest absolute Gasteiger partial charge is 0.335 e. The Morgan fingerprint density at radius 1 is 1.21 bits per heavy atom. The number of nitriles is 1. The number of hydrogen-bond acceptors (Lipinski definition) is 7. The quantitative estimate of drug-likeness (QED) is 0.277. The Hall–Kier alpha value is -3.95. The third kappa shape index (κ3) is 6.12. The summed E-state index contributed by atoms with van der Waals surface area (Å²) in [7, 11) is 0. The van der Waals surface area contributed by atoms with Crippen molar-refractivity contribution in [2.75, 3.05) is 19.7 Å². The molecule has 4 aromatic rings. The molecule has 0 unspecified atom stereocenters. The number of carbonyl (C=O) groups is 1. The molecular formula is C30H27ClFN5O4S. The van der Waals surface area contributed by atoms with Gasteiger partial charge in [-0.2, -0.15) is 18.8 Å². The Morgan fingerprint density at radius 2 is 2.05 bits per heavy atom. The molecule has 0 aliphatic carbocycles. The number of pyridine rings is 1. The molecule has 0 saturated carbocycles. The second kappa shape index (κ2) is 12.5. The Bertz CT molecular complexity index is 1730. The molecule has 2 aliphatic heterocycles. The van der Waals surface area contributed by atoms with Crippen molar-refractivity contribution in [1.82, 2.24) is 19.4 Å². The van der Waals surface area contributed by atoms with Crippen LogP contribution in [-0.4, -0.2) is 56.3 Å². The van der Waals surface area contributed by atoms with Crippen LogP contribution < -0.4 is 4.74 Å². The topological polar surface area (TPSA) is 114 Å². The van der Waals surface area contributed by atoms with Crippen LogP contribution in [0.4, 0.5) is 4.39 Å². The molecule has 0 amide bonds. The van der Waals surface area contributed by atoms with E-state index in [0.29, 0.717) is 48.2 Å². The standard InChI is InChI=1S/C30H25ClFN5O4.H2S/c31-23-11-18(13-33)1-6-27(23)41-17-21-3-4-24(32)29(34-21)20-7-9-36(14-20)16-28-35-25-5-2-19(30(38)39)12-26(25)37(28)15-22-8-10-40-22;/h1-7,11-12,22H,8-10,14-17H2,(H,38,39);1H2/t22-;/m0./s1. The maximum absolute atomic E-state index is 14.9. The molecule has 2 aliphatic rings. The number of carboxylic acid groups (broad SMARTS) is 1. The van der Waals surface area contributed by atoms with Gasteiger partial charge in [0.25, 0.3) is 0 Å². The third-order valence-corrected chi connectivity index (χ3v) is 7.55. The summed E-state index contributed by atoms with van der Waals surface area (Å²) in [5.41, 5.74) is 3.68. The second-order valence-electron chi connectivity index (χ2n) is 10.0. The first-order valence-electron chi connectivity index (χ1n) is 13.1. The number of aromatic carboxylic acids is 1.